The third-order valence-corrected chi connectivity index (χ3v) is 4.74. The number of amides is 2. The van der Waals surface area contributed by atoms with E-state index in [1.54, 1.807) is 40.9 Å². The number of carbonyl (C=O) groups excluding carboxylic acids is 2. The zero-order chi connectivity index (χ0) is 16.8. The number of hydrogen-bond donors (Lipinski definition) is 1. The summed E-state index contributed by atoms with van der Waals surface area (Å²) in [6.45, 7) is 4.85. The van der Waals surface area contributed by atoms with Gasteiger partial charge in [0.25, 0.3) is 5.91 Å². The van der Waals surface area contributed by atoms with Crippen molar-refractivity contribution in [2.45, 2.75) is 26.3 Å². The maximum absolute atomic E-state index is 12.6. The zero-order valence-electron chi connectivity index (χ0n) is 13.4. The molecule has 122 valence electrons. The fraction of sp³-hybridized carbons (Fsp3) is 0.471. The summed E-state index contributed by atoms with van der Waals surface area (Å²) < 4.78 is 0. The van der Waals surface area contributed by atoms with Gasteiger partial charge in [-0.15, -0.1) is 11.8 Å². The van der Waals surface area contributed by atoms with E-state index in [4.69, 9.17) is 5.26 Å². The number of benzene rings is 1. The molecule has 1 heterocycles. The Balaban J connectivity index is 2.01. The van der Waals surface area contributed by atoms with E-state index < -0.39 is 6.04 Å². The summed E-state index contributed by atoms with van der Waals surface area (Å²) in [4.78, 5) is 26.5. The topological polar surface area (TPSA) is 73.2 Å². The fourth-order valence-electron chi connectivity index (χ4n) is 2.32. The molecule has 23 heavy (non-hydrogen) atoms. The van der Waals surface area contributed by atoms with Gasteiger partial charge in [0, 0.05) is 17.9 Å². The van der Waals surface area contributed by atoms with E-state index in [0.717, 1.165) is 6.42 Å². The summed E-state index contributed by atoms with van der Waals surface area (Å²) in [6.07, 6.45) is 0.926. The molecule has 1 aromatic carbocycles. The van der Waals surface area contributed by atoms with Gasteiger partial charge < -0.3 is 10.2 Å². The van der Waals surface area contributed by atoms with Crippen LogP contribution in [0.5, 0.6) is 0 Å². The predicted octanol–water partition coefficient (Wildman–Crippen LogP) is 2.24. The van der Waals surface area contributed by atoms with Gasteiger partial charge >= 0.3 is 0 Å². The summed E-state index contributed by atoms with van der Waals surface area (Å²) in [5.74, 6) is 1.42. The van der Waals surface area contributed by atoms with Gasteiger partial charge in [0.15, 0.2) is 0 Å². The molecule has 6 heteroatoms. The smallest absolute Gasteiger partial charge is 0.255 e. The van der Waals surface area contributed by atoms with Gasteiger partial charge in [-0.1, -0.05) is 13.8 Å². The van der Waals surface area contributed by atoms with Crippen molar-refractivity contribution in [1.82, 2.24) is 10.2 Å². The van der Waals surface area contributed by atoms with Crippen molar-refractivity contribution in [3.63, 3.8) is 0 Å². The maximum Gasteiger partial charge on any atom is 0.255 e. The molecule has 1 N–H and O–H groups in total. The first-order chi connectivity index (χ1) is 11.0. The summed E-state index contributed by atoms with van der Waals surface area (Å²) in [6, 6.07) is 8.12. The van der Waals surface area contributed by atoms with Crippen LogP contribution in [0.3, 0.4) is 0 Å². The minimum atomic E-state index is -0.421. The molecule has 2 rings (SSSR count). The number of nitriles is 1. The lowest BCUT2D eigenvalue weighted by Crippen LogP contribution is -2.47. The highest BCUT2D eigenvalue weighted by atomic mass is 32.2. The second kappa shape index (κ2) is 8.02. The molecule has 0 aromatic heterocycles. The van der Waals surface area contributed by atoms with Gasteiger partial charge in [0.1, 0.15) is 6.04 Å². The van der Waals surface area contributed by atoms with Crippen LogP contribution in [0.2, 0.25) is 0 Å². The van der Waals surface area contributed by atoms with E-state index in [1.165, 1.54) is 0 Å². The fourth-order valence-corrected chi connectivity index (χ4v) is 3.47. The highest BCUT2D eigenvalue weighted by molar-refractivity contribution is 7.99. The number of nitrogens with zero attached hydrogens (tertiary/aromatic N) is 2. The molecule has 0 unspecified atom stereocenters. The summed E-state index contributed by atoms with van der Waals surface area (Å²) in [7, 11) is 0. The lowest BCUT2D eigenvalue weighted by Gasteiger charge is -2.23. The van der Waals surface area contributed by atoms with Crippen molar-refractivity contribution in [3.8, 4) is 6.07 Å². The first-order valence-electron chi connectivity index (χ1n) is 7.69. The Morgan fingerprint density at radius 1 is 1.39 bits per heavy atom. The monoisotopic (exact) mass is 331 g/mol. The largest absolute Gasteiger partial charge is 0.354 e. The molecule has 5 nitrogen and oxygen atoms in total. The molecule has 0 aliphatic carbocycles. The van der Waals surface area contributed by atoms with Crippen LogP contribution in [0, 0.1) is 17.2 Å². The van der Waals surface area contributed by atoms with Gasteiger partial charge in [0.2, 0.25) is 5.91 Å². The Kier molecular flexibility index (Phi) is 6.05. The number of carbonyl (C=O) groups is 2. The molecule has 1 aromatic rings. The molecule has 1 aliphatic heterocycles. The Bertz CT molecular complexity index is 607. The van der Waals surface area contributed by atoms with Gasteiger partial charge in [0.05, 0.1) is 17.5 Å². The molecule has 1 saturated heterocycles. The first kappa shape index (κ1) is 17.4. The van der Waals surface area contributed by atoms with Gasteiger partial charge in [-0.3, -0.25) is 9.59 Å². The van der Waals surface area contributed by atoms with Crippen LogP contribution in [0.1, 0.15) is 36.2 Å². The normalized spacial score (nSPS) is 17.1. The standard InChI is InChI=1S/C17H21N3O2S/c1-12(2)7-8-19-16(21)15-10-23-11-20(15)17(22)14-5-3-13(9-18)4-6-14/h3-6,12,15H,7-8,10-11H2,1-2H3,(H,19,21)/t15-/m1/s1. The zero-order valence-corrected chi connectivity index (χ0v) is 14.2. The lowest BCUT2D eigenvalue weighted by atomic mass is 10.1. The highest BCUT2D eigenvalue weighted by Gasteiger charge is 2.34. The van der Waals surface area contributed by atoms with Crippen LogP contribution < -0.4 is 5.32 Å². The second-order valence-electron chi connectivity index (χ2n) is 5.95. The van der Waals surface area contributed by atoms with Crippen LogP contribution >= 0.6 is 11.8 Å². The molecule has 0 radical (unpaired) electrons. The van der Waals surface area contributed by atoms with Crippen molar-refractivity contribution in [2.75, 3.05) is 18.2 Å². The number of hydrogen-bond acceptors (Lipinski definition) is 4. The molecule has 0 spiro atoms. The van der Waals surface area contributed by atoms with E-state index in [0.29, 0.717) is 35.2 Å². The van der Waals surface area contributed by atoms with Crippen molar-refractivity contribution in [3.05, 3.63) is 35.4 Å². The Morgan fingerprint density at radius 2 is 2.09 bits per heavy atom. The van der Waals surface area contributed by atoms with E-state index in [2.05, 4.69) is 19.2 Å². The van der Waals surface area contributed by atoms with Crippen molar-refractivity contribution in [1.29, 1.82) is 5.26 Å². The number of rotatable bonds is 5. The van der Waals surface area contributed by atoms with Crippen LogP contribution in [0.15, 0.2) is 24.3 Å². The minimum Gasteiger partial charge on any atom is -0.354 e. The minimum absolute atomic E-state index is 0.0855. The maximum atomic E-state index is 12.6. The Labute approximate surface area is 141 Å². The quantitative estimate of drug-likeness (QED) is 0.898. The van der Waals surface area contributed by atoms with E-state index >= 15 is 0 Å². The lowest BCUT2D eigenvalue weighted by molar-refractivity contribution is -0.124. The summed E-state index contributed by atoms with van der Waals surface area (Å²) in [5, 5.41) is 11.7. The van der Waals surface area contributed by atoms with E-state index in [1.807, 2.05) is 6.07 Å². The van der Waals surface area contributed by atoms with E-state index in [-0.39, 0.29) is 11.8 Å². The predicted molar refractivity (Wildman–Crippen MR) is 90.9 cm³/mol. The SMILES string of the molecule is CC(C)CCNC(=O)[C@H]1CSCN1C(=O)c1ccc(C#N)cc1. The molecule has 1 atom stereocenters. The second-order valence-corrected chi connectivity index (χ2v) is 6.95. The summed E-state index contributed by atoms with van der Waals surface area (Å²) >= 11 is 1.58. The highest BCUT2D eigenvalue weighted by Crippen LogP contribution is 2.23. The van der Waals surface area contributed by atoms with Crippen LogP contribution in [-0.2, 0) is 4.79 Å². The Hall–Kier alpha value is -2.00. The molecule has 2 amide bonds. The summed E-state index contributed by atoms with van der Waals surface area (Å²) in [5.41, 5.74) is 1.02. The third kappa shape index (κ3) is 4.49. The molecule has 1 fully saturated rings. The average Bonchev–Trinajstić information content (AvgIpc) is 3.03. The van der Waals surface area contributed by atoms with Gasteiger partial charge in [-0.2, -0.15) is 5.26 Å². The number of thioether (sulfide) groups is 1. The van der Waals surface area contributed by atoms with Crippen LogP contribution in [0.25, 0.3) is 0 Å². The van der Waals surface area contributed by atoms with Crippen molar-refractivity contribution in [2.24, 2.45) is 5.92 Å². The number of nitrogens with one attached hydrogen (secondary N) is 1. The Morgan fingerprint density at radius 3 is 2.70 bits per heavy atom. The molecular formula is C17H21N3O2S. The van der Waals surface area contributed by atoms with E-state index in [9.17, 15) is 9.59 Å². The first-order valence-corrected chi connectivity index (χ1v) is 8.85. The third-order valence-electron chi connectivity index (χ3n) is 3.73. The molecule has 0 bridgehead atoms. The van der Waals surface area contributed by atoms with Crippen molar-refractivity contribution < 1.29 is 9.59 Å². The van der Waals surface area contributed by atoms with Gasteiger partial charge in [-0.25, -0.2) is 0 Å². The molecular weight excluding hydrogens is 310 g/mol. The van der Waals surface area contributed by atoms with Crippen LogP contribution in [0.4, 0.5) is 0 Å². The average molecular weight is 331 g/mol. The molecule has 0 saturated carbocycles. The van der Waals surface area contributed by atoms with Crippen LogP contribution in [-0.4, -0.2) is 40.9 Å². The van der Waals surface area contributed by atoms with Gasteiger partial charge in [-0.05, 0) is 36.6 Å². The molecule has 1 aliphatic rings. The van der Waals surface area contributed by atoms with Crippen molar-refractivity contribution >= 4 is 23.6 Å².